The number of hydrogen-bond acceptors (Lipinski definition) is 3. The molecule has 59 valence electrons. The van der Waals surface area contributed by atoms with Gasteiger partial charge in [0, 0.05) is 26.2 Å². The third kappa shape index (κ3) is 2.62. The summed E-state index contributed by atoms with van der Waals surface area (Å²) in [5.41, 5.74) is 3.55. The largest absolute Gasteiger partial charge is 0.379 e. The Labute approximate surface area is 61.3 Å². The van der Waals surface area contributed by atoms with Gasteiger partial charge in [0.15, 0.2) is 0 Å². The first-order chi connectivity index (χ1) is 4.93. The molecule has 1 heterocycles. The molecule has 0 saturated carbocycles. The normalized spacial score (nSPS) is 21.3. The van der Waals surface area contributed by atoms with Gasteiger partial charge in [-0.2, -0.15) is 5.43 Å². The minimum atomic E-state index is 0.736. The minimum absolute atomic E-state index is 0.736. The molecule has 0 spiro atoms. The molecule has 0 bridgehead atoms. The van der Waals surface area contributed by atoms with Gasteiger partial charge in [0.1, 0.15) is 0 Å². The minimum Gasteiger partial charge on any atom is -0.379 e. The van der Waals surface area contributed by atoms with Crippen molar-refractivity contribution in [1.82, 2.24) is 10.3 Å². The lowest BCUT2D eigenvalue weighted by Crippen LogP contribution is -2.39. The van der Waals surface area contributed by atoms with E-state index in [9.17, 15) is 0 Å². The van der Waals surface area contributed by atoms with Gasteiger partial charge in [-0.3, -0.25) is 10.7 Å². The van der Waals surface area contributed by atoms with E-state index < -0.39 is 0 Å². The van der Waals surface area contributed by atoms with Gasteiger partial charge in [-0.25, -0.2) is 0 Å². The molecular weight excluding hydrogens is 130 g/mol. The molecule has 4 heteroatoms. The average molecular weight is 144 g/mol. The SMILES string of the molecule is N[N]CCN1CCOCC1. The average Bonchev–Trinajstić information content (AvgIpc) is 2.03. The van der Waals surface area contributed by atoms with Crippen LogP contribution in [0, 0.1) is 0 Å². The molecule has 0 aromatic heterocycles. The third-order valence-corrected chi connectivity index (χ3v) is 1.65. The van der Waals surface area contributed by atoms with Crippen LogP contribution in [-0.4, -0.2) is 44.3 Å². The Bertz CT molecular complexity index is 83.1. The summed E-state index contributed by atoms with van der Waals surface area (Å²) >= 11 is 0. The van der Waals surface area contributed by atoms with Crippen LogP contribution in [0.1, 0.15) is 0 Å². The highest BCUT2D eigenvalue weighted by atomic mass is 16.5. The van der Waals surface area contributed by atoms with E-state index in [1.54, 1.807) is 0 Å². The van der Waals surface area contributed by atoms with Crippen molar-refractivity contribution >= 4 is 0 Å². The Morgan fingerprint density at radius 2 is 2.10 bits per heavy atom. The van der Waals surface area contributed by atoms with Crippen molar-refractivity contribution < 1.29 is 4.74 Å². The molecule has 2 N–H and O–H groups in total. The lowest BCUT2D eigenvalue weighted by molar-refractivity contribution is 0.0383. The van der Waals surface area contributed by atoms with Crippen molar-refractivity contribution in [3.05, 3.63) is 0 Å². The van der Waals surface area contributed by atoms with E-state index in [0.717, 1.165) is 39.4 Å². The molecule has 4 nitrogen and oxygen atoms in total. The van der Waals surface area contributed by atoms with E-state index in [1.165, 1.54) is 0 Å². The number of nitrogens with two attached hydrogens (primary N) is 1. The zero-order chi connectivity index (χ0) is 7.23. The smallest absolute Gasteiger partial charge is 0.0594 e. The summed E-state index contributed by atoms with van der Waals surface area (Å²) in [5.74, 6) is 5.01. The highest BCUT2D eigenvalue weighted by Gasteiger charge is 2.08. The molecule has 1 radical (unpaired) electrons. The Hall–Kier alpha value is -0.160. The van der Waals surface area contributed by atoms with Crippen molar-refractivity contribution in [1.29, 1.82) is 0 Å². The van der Waals surface area contributed by atoms with E-state index in [1.807, 2.05) is 0 Å². The van der Waals surface area contributed by atoms with Gasteiger partial charge in [0.25, 0.3) is 0 Å². The molecule has 10 heavy (non-hydrogen) atoms. The van der Waals surface area contributed by atoms with E-state index in [-0.39, 0.29) is 0 Å². The van der Waals surface area contributed by atoms with Gasteiger partial charge in [-0.15, -0.1) is 0 Å². The maximum absolute atomic E-state index is 5.18. The van der Waals surface area contributed by atoms with Crippen LogP contribution in [0.25, 0.3) is 0 Å². The lowest BCUT2D eigenvalue weighted by atomic mass is 10.4. The first-order valence-electron chi connectivity index (χ1n) is 3.60. The number of hydrogen-bond donors (Lipinski definition) is 1. The first kappa shape index (κ1) is 7.94. The fourth-order valence-corrected chi connectivity index (χ4v) is 1.02. The molecule has 0 aromatic rings. The molecule has 0 unspecified atom stereocenters. The summed E-state index contributed by atoms with van der Waals surface area (Å²) in [6, 6.07) is 0. The van der Waals surface area contributed by atoms with Crippen LogP contribution in [0.15, 0.2) is 0 Å². The zero-order valence-electron chi connectivity index (χ0n) is 6.12. The van der Waals surface area contributed by atoms with E-state index in [0.29, 0.717) is 0 Å². The van der Waals surface area contributed by atoms with E-state index in [2.05, 4.69) is 10.3 Å². The zero-order valence-corrected chi connectivity index (χ0v) is 6.12. The van der Waals surface area contributed by atoms with Crippen molar-refractivity contribution in [2.75, 3.05) is 39.4 Å². The Kier molecular flexibility index (Phi) is 3.67. The monoisotopic (exact) mass is 144 g/mol. The molecule has 0 aromatic carbocycles. The quantitative estimate of drug-likeness (QED) is 0.400. The number of rotatable bonds is 3. The lowest BCUT2D eigenvalue weighted by Gasteiger charge is -2.25. The summed E-state index contributed by atoms with van der Waals surface area (Å²) in [5, 5.41) is 0. The number of morpholine rings is 1. The summed E-state index contributed by atoms with van der Waals surface area (Å²) in [7, 11) is 0. The molecular formula is C6H14N3O. The van der Waals surface area contributed by atoms with Crippen LogP contribution >= 0.6 is 0 Å². The van der Waals surface area contributed by atoms with Gasteiger partial charge in [0.05, 0.1) is 13.2 Å². The van der Waals surface area contributed by atoms with Crippen molar-refractivity contribution in [2.24, 2.45) is 5.84 Å². The van der Waals surface area contributed by atoms with Gasteiger partial charge in [-0.05, 0) is 0 Å². The van der Waals surface area contributed by atoms with Crippen molar-refractivity contribution in [3.63, 3.8) is 0 Å². The second kappa shape index (κ2) is 4.62. The highest BCUT2D eigenvalue weighted by Crippen LogP contribution is 1.94. The molecule has 0 aliphatic carbocycles. The summed E-state index contributed by atoms with van der Waals surface area (Å²) in [6.07, 6.45) is 0. The molecule has 0 amide bonds. The summed E-state index contributed by atoms with van der Waals surface area (Å²) in [4.78, 5) is 2.31. The second-order valence-corrected chi connectivity index (χ2v) is 2.36. The van der Waals surface area contributed by atoms with E-state index >= 15 is 0 Å². The molecule has 1 rings (SSSR count). The fraction of sp³-hybridized carbons (Fsp3) is 1.00. The molecule has 0 atom stereocenters. The Morgan fingerprint density at radius 1 is 1.40 bits per heavy atom. The second-order valence-electron chi connectivity index (χ2n) is 2.36. The maximum Gasteiger partial charge on any atom is 0.0594 e. The number of ether oxygens (including phenoxy) is 1. The molecule has 1 saturated heterocycles. The standard InChI is InChI=1S/C6H14N3O/c7-8-1-2-9-3-5-10-6-4-9/h1-7H2. The highest BCUT2D eigenvalue weighted by molar-refractivity contribution is 4.61. The van der Waals surface area contributed by atoms with Gasteiger partial charge in [-0.1, -0.05) is 0 Å². The van der Waals surface area contributed by atoms with Gasteiger partial charge < -0.3 is 4.74 Å². The Morgan fingerprint density at radius 3 is 2.70 bits per heavy atom. The molecule has 1 fully saturated rings. The van der Waals surface area contributed by atoms with Crippen LogP contribution in [0.4, 0.5) is 0 Å². The van der Waals surface area contributed by atoms with Crippen LogP contribution < -0.4 is 11.3 Å². The van der Waals surface area contributed by atoms with Crippen LogP contribution in [0.5, 0.6) is 0 Å². The van der Waals surface area contributed by atoms with Crippen molar-refractivity contribution in [2.45, 2.75) is 0 Å². The number of nitrogens with zero attached hydrogens (tertiary/aromatic N) is 2. The maximum atomic E-state index is 5.18. The Balaban J connectivity index is 2.02. The van der Waals surface area contributed by atoms with Crippen molar-refractivity contribution in [3.8, 4) is 0 Å². The van der Waals surface area contributed by atoms with Gasteiger partial charge in [0.2, 0.25) is 0 Å². The molecule has 1 aliphatic heterocycles. The van der Waals surface area contributed by atoms with E-state index in [4.69, 9.17) is 10.6 Å². The topological polar surface area (TPSA) is 52.6 Å². The predicted molar refractivity (Wildman–Crippen MR) is 38.4 cm³/mol. The van der Waals surface area contributed by atoms with Crippen LogP contribution in [-0.2, 0) is 4.74 Å². The van der Waals surface area contributed by atoms with Crippen LogP contribution in [0.3, 0.4) is 0 Å². The first-order valence-corrected chi connectivity index (χ1v) is 3.60. The summed E-state index contributed by atoms with van der Waals surface area (Å²) in [6.45, 7) is 5.46. The third-order valence-electron chi connectivity index (χ3n) is 1.65. The fourth-order valence-electron chi connectivity index (χ4n) is 1.02. The van der Waals surface area contributed by atoms with Crippen LogP contribution in [0.2, 0.25) is 0 Å². The molecule has 1 aliphatic rings. The predicted octanol–water partition coefficient (Wildman–Crippen LogP) is -1.20. The summed E-state index contributed by atoms with van der Waals surface area (Å²) < 4.78 is 5.18. The van der Waals surface area contributed by atoms with Gasteiger partial charge >= 0.3 is 0 Å².